The normalized spacial score (nSPS) is 11.2. The number of allylic oxidation sites excluding steroid dienone is 2. The molecule has 0 radical (unpaired) electrons. The fourth-order valence-electron chi connectivity index (χ4n) is 2.08. The average Bonchev–Trinajstić information content (AvgIpc) is 2.64. The van der Waals surface area contributed by atoms with E-state index in [0.717, 1.165) is 4.90 Å². The highest BCUT2D eigenvalue weighted by Gasteiger charge is 2.16. The molecule has 0 heterocycles. The molecule has 0 aromatic heterocycles. The van der Waals surface area contributed by atoms with E-state index >= 15 is 0 Å². The van der Waals surface area contributed by atoms with Gasteiger partial charge >= 0.3 is 0 Å². The third-order valence-corrected chi connectivity index (χ3v) is 4.13. The lowest BCUT2D eigenvalue weighted by molar-refractivity contribution is 0.0943. The van der Waals surface area contributed by atoms with E-state index in [1.807, 2.05) is 43.3 Å². The minimum atomic E-state index is -0.568. The molecule has 0 aliphatic rings. The predicted octanol–water partition coefficient (Wildman–Crippen LogP) is 4.69. The van der Waals surface area contributed by atoms with Gasteiger partial charge in [-0.1, -0.05) is 30.9 Å². The van der Waals surface area contributed by atoms with Crippen LogP contribution in [0.15, 0.2) is 71.1 Å². The van der Waals surface area contributed by atoms with Gasteiger partial charge in [0.15, 0.2) is 0 Å². The molecule has 6 heteroatoms. The summed E-state index contributed by atoms with van der Waals surface area (Å²) in [5, 5.41) is 0. The number of halogens is 1. The molecule has 0 fully saturated rings. The fraction of sp³-hybridized carbons (Fsp3) is 0.100. The highest BCUT2D eigenvalue weighted by atomic mass is 32.2. The van der Waals surface area contributed by atoms with Gasteiger partial charge in [0.1, 0.15) is 5.82 Å². The van der Waals surface area contributed by atoms with Crippen molar-refractivity contribution in [3.05, 3.63) is 83.7 Å². The Balaban J connectivity index is 2.11. The number of hydrogen-bond acceptors (Lipinski definition) is 4. The number of nitrogens with one attached hydrogen (secondary N) is 2. The van der Waals surface area contributed by atoms with Gasteiger partial charge in [0, 0.05) is 16.7 Å². The summed E-state index contributed by atoms with van der Waals surface area (Å²) in [6, 6.07) is 12.5. The molecule has 0 unspecified atom stereocenters. The van der Waals surface area contributed by atoms with Crippen molar-refractivity contribution in [2.45, 2.75) is 18.7 Å². The SMILES string of the molecule is C=C(N=C/C=C\C)c1cc(C)c(F)c(C(=O)NNSc2ccccc2)c1. The molecular weight excluding hydrogens is 349 g/mol. The minimum absolute atomic E-state index is 0.0662. The van der Waals surface area contributed by atoms with Crippen molar-refractivity contribution in [1.29, 1.82) is 0 Å². The van der Waals surface area contributed by atoms with Crippen LogP contribution in [0, 0.1) is 12.7 Å². The van der Waals surface area contributed by atoms with E-state index < -0.39 is 11.7 Å². The van der Waals surface area contributed by atoms with E-state index in [0.29, 0.717) is 16.8 Å². The number of rotatable bonds is 7. The molecule has 2 N–H and O–H groups in total. The Morgan fingerprint density at radius 3 is 2.69 bits per heavy atom. The zero-order valence-electron chi connectivity index (χ0n) is 14.6. The number of hydrogen-bond donors (Lipinski definition) is 2. The first-order valence-electron chi connectivity index (χ1n) is 7.95. The van der Waals surface area contributed by atoms with Crippen LogP contribution in [0.25, 0.3) is 5.70 Å². The largest absolute Gasteiger partial charge is 0.277 e. The second-order valence-electron chi connectivity index (χ2n) is 5.38. The summed E-state index contributed by atoms with van der Waals surface area (Å²) in [4.78, 5) is 20.2. The molecule has 2 aromatic carbocycles. The van der Waals surface area contributed by atoms with Crippen molar-refractivity contribution in [3.8, 4) is 0 Å². The van der Waals surface area contributed by atoms with Gasteiger partial charge in [-0.25, -0.2) is 4.39 Å². The molecule has 0 saturated heterocycles. The van der Waals surface area contributed by atoms with Crippen molar-refractivity contribution in [2.24, 2.45) is 4.99 Å². The number of amides is 1. The van der Waals surface area contributed by atoms with Crippen LogP contribution >= 0.6 is 11.9 Å². The third-order valence-electron chi connectivity index (χ3n) is 3.42. The van der Waals surface area contributed by atoms with E-state index in [2.05, 4.69) is 21.8 Å². The molecule has 0 bridgehead atoms. The molecule has 0 spiro atoms. The molecule has 0 atom stereocenters. The Labute approximate surface area is 157 Å². The maximum atomic E-state index is 14.4. The van der Waals surface area contributed by atoms with Gasteiger partial charge in [-0.3, -0.25) is 15.2 Å². The topological polar surface area (TPSA) is 53.5 Å². The number of nitrogens with zero attached hydrogens (tertiary/aromatic N) is 1. The number of hydrazine groups is 1. The lowest BCUT2D eigenvalue weighted by atomic mass is 10.0. The van der Waals surface area contributed by atoms with Gasteiger partial charge in [-0.2, -0.15) is 4.83 Å². The number of carbonyl (C=O) groups is 1. The molecule has 134 valence electrons. The molecule has 2 rings (SSSR count). The minimum Gasteiger partial charge on any atom is -0.277 e. The van der Waals surface area contributed by atoms with Crippen molar-refractivity contribution in [3.63, 3.8) is 0 Å². The average molecular weight is 369 g/mol. The second-order valence-corrected chi connectivity index (χ2v) is 6.26. The first kappa shape index (κ1) is 19.6. The predicted molar refractivity (Wildman–Crippen MR) is 106 cm³/mol. The molecule has 26 heavy (non-hydrogen) atoms. The number of carbonyl (C=O) groups excluding carboxylic acids is 1. The van der Waals surface area contributed by atoms with Crippen LogP contribution in [0.5, 0.6) is 0 Å². The van der Waals surface area contributed by atoms with E-state index in [1.54, 1.807) is 25.3 Å². The highest BCUT2D eigenvalue weighted by Crippen LogP contribution is 2.21. The summed E-state index contributed by atoms with van der Waals surface area (Å²) in [5.41, 5.74) is 3.81. The Morgan fingerprint density at radius 1 is 1.27 bits per heavy atom. The van der Waals surface area contributed by atoms with Crippen LogP contribution in [0.4, 0.5) is 4.39 Å². The monoisotopic (exact) mass is 369 g/mol. The van der Waals surface area contributed by atoms with E-state index in [-0.39, 0.29) is 5.56 Å². The Hall–Kier alpha value is -2.70. The summed E-state index contributed by atoms with van der Waals surface area (Å²) >= 11 is 1.22. The Kier molecular flexibility index (Phi) is 7.32. The molecular formula is C20H20FN3OS. The number of benzene rings is 2. The van der Waals surface area contributed by atoms with Crippen LogP contribution < -0.4 is 10.3 Å². The lowest BCUT2D eigenvalue weighted by Gasteiger charge is -2.11. The van der Waals surface area contributed by atoms with Crippen LogP contribution in [0.2, 0.25) is 0 Å². The molecule has 4 nitrogen and oxygen atoms in total. The van der Waals surface area contributed by atoms with Crippen molar-refractivity contribution in [1.82, 2.24) is 10.3 Å². The number of aryl methyl sites for hydroxylation is 1. The molecule has 0 aliphatic heterocycles. The summed E-state index contributed by atoms with van der Waals surface area (Å²) < 4.78 is 14.4. The van der Waals surface area contributed by atoms with Crippen molar-refractivity contribution in [2.75, 3.05) is 0 Å². The fourth-order valence-corrected chi connectivity index (χ4v) is 2.64. The van der Waals surface area contributed by atoms with Crippen LogP contribution in [0.1, 0.15) is 28.4 Å². The summed E-state index contributed by atoms with van der Waals surface area (Å²) in [7, 11) is 0. The smallest absolute Gasteiger partial charge is 0.269 e. The maximum Gasteiger partial charge on any atom is 0.269 e. The summed E-state index contributed by atoms with van der Waals surface area (Å²) in [6.45, 7) is 7.34. The first-order valence-corrected chi connectivity index (χ1v) is 8.76. The van der Waals surface area contributed by atoms with Crippen LogP contribution in [-0.4, -0.2) is 12.1 Å². The first-order chi connectivity index (χ1) is 12.5. The van der Waals surface area contributed by atoms with Gasteiger partial charge in [0.25, 0.3) is 5.91 Å². The quantitative estimate of drug-likeness (QED) is 0.423. The third kappa shape index (κ3) is 5.40. The number of aliphatic imine (C=N–C) groups is 1. The highest BCUT2D eigenvalue weighted by molar-refractivity contribution is 7.97. The van der Waals surface area contributed by atoms with Gasteiger partial charge in [-0.15, -0.1) is 0 Å². The van der Waals surface area contributed by atoms with Crippen LogP contribution in [-0.2, 0) is 0 Å². The molecule has 0 aliphatic carbocycles. The Morgan fingerprint density at radius 2 is 2.00 bits per heavy atom. The van der Waals surface area contributed by atoms with E-state index in [1.165, 1.54) is 18.0 Å². The summed E-state index contributed by atoms with van der Waals surface area (Å²) in [6.07, 6.45) is 5.19. The molecule has 1 amide bonds. The maximum absolute atomic E-state index is 14.4. The van der Waals surface area contributed by atoms with E-state index in [9.17, 15) is 9.18 Å². The Bertz CT molecular complexity index is 848. The summed E-state index contributed by atoms with van der Waals surface area (Å²) in [5.74, 6) is -1.14. The zero-order valence-corrected chi connectivity index (χ0v) is 15.4. The van der Waals surface area contributed by atoms with Gasteiger partial charge < -0.3 is 0 Å². The van der Waals surface area contributed by atoms with Gasteiger partial charge in [0.2, 0.25) is 0 Å². The standard InChI is InChI=1S/C20H20FN3OS/c1-4-5-11-22-15(3)16-12-14(2)19(21)18(13-16)20(25)23-24-26-17-9-7-6-8-10-17/h4-13,24H,3H2,1-2H3,(H,23,25)/b5-4-,22-11?. The van der Waals surface area contributed by atoms with Crippen LogP contribution in [0.3, 0.4) is 0 Å². The van der Waals surface area contributed by atoms with Gasteiger partial charge in [0.05, 0.1) is 11.3 Å². The molecule has 0 saturated carbocycles. The van der Waals surface area contributed by atoms with Crippen molar-refractivity contribution < 1.29 is 9.18 Å². The van der Waals surface area contributed by atoms with Gasteiger partial charge in [-0.05, 0) is 61.7 Å². The molecule has 2 aromatic rings. The van der Waals surface area contributed by atoms with E-state index in [4.69, 9.17) is 0 Å². The lowest BCUT2D eigenvalue weighted by Crippen LogP contribution is -2.33. The van der Waals surface area contributed by atoms with Crippen molar-refractivity contribution >= 4 is 29.8 Å². The second kappa shape index (κ2) is 9.70. The zero-order chi connectivity index (χ0) is 18.9.